The fourth-order valence-corrected chi connectivity index (χ4v) is 1.97. The molecule has 17 heavy (non-hydrogen) atoms. The van der Waals surface area contributed by atoms with E-state index in [1.165, 1.54) is 0 Å². The van der Waals surface area contributed by atoms with Crippen LogP contribution in [0.4, 0.5) is 5.82 Å². The molecule has 1 aliphatic rings. The van der Waals surface area contributed by atoms with Crippen LogP contribution in [0.3, 0.4) is 0 Å². The normalized spacial score (nSPS) is 18.4. The van der Waals surface area contributed by atoms with Crippen LogP contribution in [-0.4, -0.2) is 29.5 Å². The van der Waals surface area contributed by atoms with Crippen LogP contribution in [0.15, 0.2) is 18.3 Å². The lowest BCUT2D eigenvalue weighted by Crippen LogP contribution is -2.62. The average Bonchev–Trinajstić information content (AvgIpc) is 2.33. The fourth-order valence-electron chi connectivity index (χ4n) is 1.97. The Kier molecular flexibility index (Phi) is 2.72. The number of aromatic nitrogens is 1. The molecule has 0 aromatic carbocycles. The second kappa shape index (κ2) is 4.06. The number of nitriles is 1. The number of carbonyl (C=O) groups excluding carboxylic acids is 1. The van der Waals surface area contributed by atoms with Crippen molar-refractivity contribution in [3.8, 4) is 6.07 Å². The van der Waals surface area contributed by atoms with Gasteiger partial charge in [-0.2, -0.15) is 5.26 Å². The molecule has 1 amide bonds. The minimum absolute atomic E-state index is 0.0432. The molecular weight excluding hydrogens is 216 g/mol. The Labute approximate surface area is 100 Å². The Morgan fingerprint density at radius 2 is 2.35 bits per heavy atom. The van der Waals surface area contributed by atoms with Crippen molar-refractivity contribution in [2.75, 3.05) is 18.0 Å². The van der Waals surface area contributed by atoms with Crippen LogP contribution in [0.1, 0.15) is 19.4 Å². The molecule has 5 nitrogen and oxygen atoms in total. The quantitative estimate of drug-likeness (QED) is 0.769. The number of pyridine rings is 1. The number of anilines is 1. The molecule has 0 atom stereocenters. The van der Waals surface area contributed by atoms with E-state index in [-0.39, 0.29) is 5.91 Å². The molecule has 0 radical (unpaired) electrons. The van der Waals surface area contributed by atoms with Gasteiger partial charge in [0.1, 0.15) is 17.4 Å². The minimum Gasteiger partial charge on any atom is -0.352 e. The first-order valence-electron chi connectivity index (χ1n) is 5.48. The van der Waals surface area contributed by atoms with E-state index < -0.39 is 5.54 Å². The number of nitrogens with one attached hydrogen (secondary N) is 1. The first kappa shape index (κ1) is 11.4. The summed E-state index contributed by atoms with van der Waals surface area (Å²) in [5.41, 5.74) is -0.187. The summed E-state index contributed by atoms with van der Waals surface area (Å²) in [6.07, 6.45) is 1.64. The van der Waals surface area contributed by atoms with Crippen molar-refractivity contribution < 1.29 is 4.79 Å². The van der Waals surface area contributed by atoms with Crippen LogP contribution in [0, 0.1) is 11.3 Å². The molecule has 1 N–H and O–H groups in total. The number of piperazine rings is 1. The molecule has 0 unspecified atom stereocenters. The molecule has 1 fully saturated rings. The molecule has 0 aliphatic carbocycles. The van der Waals surface area contributed by atoms with E-state index in [0.29, 0.717) is 24.5 Å². The largest absolute Gasteiger partial charge is 0.352 e. The molecule has 1 aliphatic heterocycles. The van der Waals surface area contributed by atoms with Crippen molar-refractivity contribution in [1.29, 1.82) is 5.26 Å². The van der Waals surface area contributed by atoms with E-state index >= 15 is 0 Å². The number of nitrogens with zero attached hydrogens (tertiary/aromatic N) is 3. The number of hydrogen-bond acceptors (Lipinski definition) is 4. The Morgan fingerprint density at radius 1 is 1.59 bits per heavy atom. The van der Waals surface area contributed by atoms with Crippen LogP contribution >= 0.6 is 0 Å². The molecule has 2 heterocycles. The predicted octanol–water partition coefficient (Wildman–Crippen LogP) is 0.668. The third-order valence-corrected chi connectivity index (χ3v) is 3.01. The van der Waals surface area contributed by atoms with Gasteiger partial charge in [-0.05, 0) is 26.0 Å². The maximum absolute atomic E-state index is 11.8. The van der Waals surface area contributed by atoms with E-state index in [0.717, 1.165) is 0 Å². The van der Waals surface area contributed by atoms with E-state index in [1.807, 2.05) is 18.7 Å². The molecule has 1 aromatic rings. The molecule has 1 aromatic heterocycles. The Morgan fingerprint density at radius 3 is 3.06 bits per heavy atom. The molecule has 5 heteroatoms. The van der Waals surface area contributed by atoms with Gasteiger partial charge in [0.2, 0.25) is 5.91 Å². The van der Waals surface area contributed by atoms with Crippen molar-refractivity contribution in [3.05, 3.63) is 23.9 Å². The van der Waals surface area contributed by atoms with E-state index in [9.17, 15) is 4.79 Å². The molecule has 88 valence electrons. The Hall–Kier alpha value is -2.09. The summed E-state index contributed by atoms with van der Waals surface area (Å²) in [6, 6.07) is 5.54. The molecule has 0 spiro atoms. The summed E-state index contributed by atoms with van der Waals surface area (Å²) in [4.78, 5) is 17.9. The lowest BCUT2D eigenvalue weighted by molar-refractivity contribution is -0.126. The summed E-state index contributed by atoms with van der Waals surface area (Å²) in [6.45, 7) is 4.89. The van der Waals surface area contributed by atoms with Crippen LogP contribution in [0.2, 0.25) is 0 Å². The summed E-state index contributed by atoms with van der Waals surface area (Å²) >= 11 is 0. The first-order chi connectivity index (χ1) is 8.07. The number of hydrogen-bond donors (Lipinski definition) is 1. The number of carbonyl (C=O) groups is 1. The molecule has 0 bridgehead atoms. The zero-order valence-corrected chi connectivity index (χ0v) is 9.90. The standard InChI is InChI=1S/C12H14N4O/c1-12(2)11(17)15-6-7-16(12)10-9(8-13)4-3-5-14-10/h3-5H,6-7H2,1-2H3,(H,15,17). The van der Waals surface area contributed by atoms with Crippen LogP contribution in [0.25, 0.3) is 0 Å². The van der Waals surface area contributed by atoms with Gasteiger partial charge in [0.05, 0.1) is 5.56 Å². The van der Waals surface area contributed by atoms with Gasteiger partial charge in [0, 0.05) is 19.3 Å². The summed E-state index contributed by atoms with van der Waals surface area (Å²) in [7, 11) is 0. The Balaban J connectivity index is 2.46. The molecule has 1 saturated heterocycles. The number of rotatable bonds is 1. The minimum atomic E-state index is -0.682. The SMILES string of the molecule is CC1(C)C(=O)NCCN1c1ncccc1C#N. The maximum atomic E-state index is 11.8. The van der Waals surface area contributed by atoms with Crippen molar-refractivity contribution in [3.63, 3.8) is 0 Å². The highest BCUT2D eigenvalue weighted by molar-refractivity contribution is 5.90. The second-order valence-electron chi connectivity index (χ2n) is 4.45. The van der Waals surface area contributed by atoms with Gasteiger partial charge >= 0.3 is 0 Å². The van der Waals surface area contributed by atoms with Crippen molar-refractivity contribution in [1.82, 2.24) is 10.3 Å². The van der Waals surface area contributed by atoms with Crippen LogP contribution in [0.5, 0.6) is 0 Å². The van der Waals surface area contributed by atoms with Crippen LogP contribution < -0.4 is 10.2 Å². The molecule has 0 saturated carbocycles. The number of amides is 1. The third kappa shape index (κ3) is 1.82. The summed E-state index contributed by atoms with van der Waals surface area (Å²) in [5, 5.41) is 11.9. The van der Waals surface area contributed by atoms with Gasteiger partial charge in [-0.15, -0.1) is 0 Å². The predicted molar refractivity (Wildman–Crippen MR) is 63.4 cm³/mol. The molecular formula is C12H14N4O. The van der Waals surface area contributed by atoms with Gasteiger partial charge in [-0.25, -0.2) is 4.98 Å². The van der Waals surface area contributed by atoms with Crippen molar-refractivity contribution >= 4 is 11.7 Å². The van der Waals surface area contributed by atoms with E-state index in [2.05, 4.69) is 16.4 Å². The summed E-state index contributed by atoms with van der Waals surface area (Å²) < 4.78 is 0. The molecule has 2 rings (SSSR count). The monoisotopic (exact) mass is 230 g/mol. The van der Waals surface area contributed by atoms with Gasteiger partial charge < -0.3 is 10.2 Å². The highest BCUT2D eigenvalue weighted by atomic mass is 16.2. The average molecular weight is 230 g/mol. The highest BCUT2D eigenvalue weighted by Gasteiger charge is 2.39. The highest BCUT2D eigenvalue weighted by Crippen LogP contribution is 2.26. The second-order valence-corrected chi connectivity index (χ2v) is 4.45. The van der Waals surface area contributed by atoms with Crippen LogP contribution in [-0.2, 0) is 4.79 Å². The van der Waals surface area contributed by atoms with Gasteiger partial charge in [0.15, 0.2) is 0 Å². The fraction of sp³-hybridized carbons (Fsp3) is 0.417. The van der Waals surface area contributed by atoms with Gasteiger partial charge in [-0.1, -0.05) is 0 Å². The maximum Gasteiger partial charge on any atom is 0.245 e. The van der Waals surface area contributed by atoms with Gasteiger partial charge in [0.25, 0.3) is 0 Å². The first-order valence-corrected chi connectivity index (χ1v) is 5.48. The van der Waals surface area contributed by atoms with Gasteiger partial charge in [-0.3, -0.25) is 4.79 Å². The third-order valence-electron chi connectivity index (χ3n) is 3.01. The lowest BCUT2D eigenvalue weighted by Gasteiger charge is -2.42. The van der Waals surface area contributed by atoms with E-state index in [4.69, 9.17) is 5.26 Å². The zero-order valence-electron chi connectivity index (χ0n) is 9.90. The Bertz CT molecular complexity index is 490. The van der Waals surface area contributed by atoms with E-state index in [1.54, 1.807) is 18.3 Å². The lowest BCUT2D eigenvalue weighted by atomic mass is 9.98. The van der Waals surface area contributed by atoms with Crippen molar-refractivity contribution in [2.45, 2.75) is 19.4 Å². The zero-order chi connectivity index (χ0) is 12.5. The van der Waals surface area contributed by atoms with Crippen molar-refractivity contribution in [2.24, 2.45) is 0 Å². The topological polar surface area (TPSA) is 69.0 Å². The smallest absolute Gasteiger partial charge is 0.245 e. The summed E-state index contributed by atoms with van der Waals surface area (Å²) in [5.74, 6) is 0.535.